The third-order valence-corrected chi connectivity index (χ3v) is 3.99. The van der Waals surface area contributed by atoms with Gasteiger partial charge in [-0.25, -0.2) is 0 Å². The van der Waals surface area contributed by atoms with E-state index < -0.39 is 0 Å². The molecule has 106 valence electrons. The average molecular weight is 262 g/mol. The van der Waals surface area contributed by atoms with Gasteiger partial charge in [0.05, 0.1) is 5.69 Å². The zero-order chi connectivity index (χ0) is 13.5. The SMILES string of the molecule is Cc1ccc(NCCCN(C)C2CCCCC2)nn1. The molecule has 0 bridgehead atoms. The fourth-order valence-corrected chi connectivity index (χ4v) is 2.74. The molecule has 4 heteroatoms. The molecular weight excluding hydrogens is 236 g/mol. The van der Waals surface area contributed by atoms with Crippen LogP contribution in [-0.2, 0) is 0 Å². The Morgan fingerprint density at radius 2 is 2.00 bits per heavy atom. The van der Waals surface area contributed by atoms with Crippen molar-refractivity contribution in [3.8, 4) is 0 Å². The van der Waals surface area contributed by atoms with Crippen molar-refractivity contribution in [3.05, 3.63) is 17.8 Å². The minimum absolute atomic E-state index is 0.813. The predicted octanol–water partition coefficient (Wildman–Crippen LogP) is 2.85. The number of anilines is 1. The second kappa shape index (κ2) is 7.43. The van der Waals surface area contributed by atoms with Gasteiger partial charge in [0.2, 0.25) is 0 Å². The average Bonchev–Trinajstić information content (AvgIpc) is 2.46. The Morgan fingerprint density at radius 1 is 1.21 bits per heavy atom. The van der Waals surface area contributed by atoms with E-state index in [1.807, 2.05) is 19.1 Å². The van der Waals surface area contributed by atoms with Gasteiger partial charge in [-0.05, 0) is 51.9 Å². The van der Waals surface area contributed by atoms with Crippen LogP contribution >= 0.6 is 0 Å². The van der Waals surface area contributed by atoms with Crippen molar-refractivity contribution in [2.24, 2.45) is 0 Å². The fraction of sp³-hybridized carbons (Fsp3) is 0.733. The molecule has 1 saturated carbocycles. The monoisotopic (exact) mass is 262 g/mol. The van der Waals surface area contributed by atoms with Gasteiger partial charge >= 0.3 is 0 Å². The second-order valence-electron chi connectivity index (χ2n) is 5.61. The van der Waals surface area contributed by atoms with Gasteiger partial charge in [0.15, 0.2) is 0 Å². The number of nitrogens with one attached hydrogen (secondary N) is 1. The molecule has 0 atom stereocenters. The maximum Gasteiger partial charge on any atom is 0.148 e. The summed E-state index contributed by atoms with van der Waals surface area (Å²) in [5.41, 5.74) is 0.961. The van der Waals surface area contributed by atoms with Crippen molar-refractivity contribution in [2.75, 3.05) is 25.5 Å². The Balaban J connectivity index is 1.62. The van der Waals surface area contributed by atoms with Crippen LogP contribution in [0, 0.1) is 6.92 Å². The quantitative estimate of drug-likeness (QED) is 0.800. The lowest BCUT2D eigenvalue weighted by Gasteiger charge is -2.31. The van der Waals surface area contributed by atoms with Crippen molar-refractivity contribution in [3.63, 3.8) is 0 Å². The first-order valence-corrected chi connectivity index (χ1v) is 7.50. The standard InChI is InChI=1S/C15H26N4/c1-13-9-10-15(18-17-13)16-11-6-12-19(2)14-7-4-3-5-8-14/h9-10,14H,3-8,11-12H2,1-2H3,(H,16,18). The molecule has 19 heavy (non-hydrogen) atoms. The summed E-state index contributed by atoms with van der Waals surface area (Å²) in [6.45, 7) is 4.08. The van der Waals surface area contributed by atoms with E-state index in [0.717, 1.165) is 37.1 Å². The van der Waals surface area contributed by atoms with E-state index in [1.165, 1.54) is 32.1 Å². The van der Waals surface area contributed by atoms with Crippen LogP contribution < -0.4 is 5.32 Å². The van der Waals surface area contributed by atoms with Crippen molar-refractivity contribution in [1.29, 1.82) is 0 Å². The van der Waals surface area contributed by atoms with Crippen LogP contribution in [0.4, 0.5) is 5.82 Å². The third kappa shape index (κ3) is 4.78. The molecule has 0 unspecified atom stereocenters. The third-order valence-electron chi connectivity index (χ3n) is 3.99. The van der Waals surface area contributed by atoms with E-state index in [2.05, 4.69) is 27.5 Å². The van der Waals surface area contributed by atoms with Gasteiger partial charge in [-0.3, -0.25) is 0 Å². The maximum absolute atomic E-state index is 4.11. The zero-order valence-corrected chi connectivity index (χ0v) is 12.2. The van der Waals surface area contributed by atoms with Crippen LogP contribution in [0.15, 0.2) is 12.1 Å². The molecule has 1 N–H and O–H groups in total. The molecule has 0 spiro atoms. The highest BCUT2D eigenvalue weighted by atomic mass is 15.2. The summed E-state index contributed by atoms with van der Waals surface area (Å²) < 4.78 is 0. The van der Waals surface area contributed by atoms with Gasteiger partial charge in [0, 0.05) is 12.6 Å². The van der Waals surface area contributed by atoms with Crippen molar-refractivity contribution in [2.45, 2.75) is 51.5 Å². The van der Waals surface area contributed by atoms with E-state index in [9.17, 15) is 0 Å². The highest BCUT2D eigenvalue weighted by molar-refractivity contribution is 5.32. The second-order valence-corrected chi connectivity index (χ2v) is 5.61. The van der Waals surface area contributed by atoms with Gasteiger partial charge in [-0.2, -0.15) is 5.10 Å². The van der Waals surface area contributed by atoms with Gasteiger partial charge in [0.1, 0.15) is 5.82 Å². The van der Waals surface area contributed by atoms with Crippen LogP contribution in [-0.4, -0.2) is 41.3 Å². The molecule has 2 rings (SSSR count). The lowest BCUT2D eigenvalue weighted by Crippen LogP contribution is -2.34. The number of aromatic nitrogens is 2. The van der Waals surface area contributed by atoms with E-state index in [-0.39, 0.29) is 0 Å². The summed E-state index contributed by atoms with van der Waals surface area (Å²) in [7, 11) is 2.27. The van der Waals surface area contributed by atoms with Crippen LogP contribution in [0.3, 0.4) is 0 Å². The van der Waals surface area contributed by atoms with Crippen LogP contribution in [0.5, 0.6) is 0 Å². The molecule has 1 aromatic rings. The van der Waals surface area contributed by atoms with Crippen LogP contribution in [0.25, 0.3) is 0 Å². The van der Waals surface area contributed by atoms with Gasteiger partial charge in [-0.1, -0.05) is 19.3 Å². The molecule has 0 aliphatic heterocycles. The zero-order valence-electron chi connectivity index (χ0n) is 12.2. The highest BCUT2D eigenvalue weighted by Crippen LogP contribution is 2.21. The summed E-state index contributed by atoms with van der Waals surface area (Å²) in [4.78, 5) is 2.53. The molecule has 0 radical (unpaired) electrons. The lowest BCUT2D eigenvalue weighted by atomic mass is 9.94. The maximum atomic E-state index is 4.11. The Kier molecular flexibility index (Phi) is 5.58. The smallest absolute Gasteiger partial charge is 0.148 e. The van der Waals surface area contributed by atoms with Crippen molar-refractivity contribution in [1.82, 2.24) is 15.1 Å². The summed E-state index contributed by atoms with van der Waals surface area (Å²) >= 11 is 0. The number of rotatable bonds is 6. The lowest BCUT2D eigenvalue weighted by molar-refractivity contribution is 0.191. The Labute approximate surface area is 116 Å². The Bertz CT molecular complexity index is 357. The highest BCUT2D eigenvalue weighted by Gasteiger charge is 2.17. The fourth-order valence-electron chi connectivity index (χ4n) is 2.74. The predicted molar refractivity (Wildman–Crippen MR) is 79.4 cm³/mol. The minimum Gasteiger partial charge on any atom is -0.369 e. The molecule has 1 aliphatic rings. The molecule has 0 aromatic carbocycles. The molecule has 1 aliphatic carbocycles. The van der Waals surface area contributed by atoms with E-state index in [4.69, 9.17) is 0 Å². The Hall–Kier alpha value is -1.16. The summed E-state index contributed by atoms with van der Waals surface area (Å²) in [6.07, 6.45) is 8.17. The van der Waals surface area contributed by atoms with E-state index in [1.54, 1.807) is 0 Å². The van der Waals surface area contributed by atoms with Crippen molar-refractivity contribution >= 4 is 5.82 Å². The van der Waals surface area contributed by atoms with Gasteiger partial charge < -0.3 is 10.2 Å². The molecule has 1 aromatic heterocycles. The Morgan fingerprint density at radius 3 is 2.68 bits per heavy atom. The molecule has 4 nitrogen and oxygen atoms in total. The van der Waals surface area contributed by atoms with E-state index in [0.29, 0.717) is 0 Å². The summed E-state index contributed by atoms with van der Waals surface area (Å²) in [6, 6.07) is 4.80. The normalized spacial score (nSPS) is 16.8. The number of hydrogen-bond acceptors (Lipinski definition) is 4. The van der Waals surface area contributed by atoms with Gasteiger partial charge in [0.25, 0.3) is 0 Å². The largest absolute Gasteiger partial charge is 0.369 e. The molecular formula is C15H26N4. The molecule has 0 saturated heterocycles. The minimum atomic E-state index is 0.813. The summed E-state index contributed by atoms with van der Waals surface area (Å²) in [5.74, 6) is 0.880. The van der Waals surface area contributed by atoms with E-state index >= 15 is 0 Å². The molecule has 0 amide bonds. The number of aryl methyl sites for hydroxylation is 1. The number of nitrogens with zero attached hydrogens (tertiary/aromatic N) is 3. The molecule has 1 fully saturated rings. The summed E-state index contributed by atoms with van der Waals surface area (Å²) in [5, 5.41) is 11.5. The van der Waals surface area contributed by atoms with Gasteiger partial charge in [-0.15, -0.1) is 5.10 Å². The topological polar surface area (TPSA) is 41.0 Å². The number of hydrogen-bond donors (Lipinski definition) is 1. The first-order chi connectivity index (χ1) is 9.25. The first-order valence-electron chi connectivity index (χ1n) is 7.50. The van der Waals surface area contributed by atoms with Crippen molar-refractivity contribution < 1.29 is 0 Å². The molecule has 1 heterocycles. The first kappa shape index (κ1) is 14.3. The van der Waals surface area contributed by atoms with Crippen LogP contribution in [0.2, 0.25) is 0 Å². The van der Waals surface area contributed by atoms with Crippen LogP contribution in [0.1, 0.15) is 44.2 Å².